The van der Waals surface area contributed by atoms with Gasteiger partial charge in [-0.25, -0.2) is 0 Å². The molecule has 0 rings (SSSR count). The summed E-state index contributed by atoms with van der Waals surface area (Å²) in [4.78, 5) is 0. The van der Waals surface area contributed by atoms with Crippen LogP contribution in [0.25, 0.3) is 0 Å². The van der Waals surface area contributed by atoms with Crippen LogP contribution in [0.1, 0.15) is 1.37 Å². The van der Waals surface area contributed by atoms with E-state index in [4.69, 9.17) is 13.0 Å². The van der Waals surface area contributed by atoms with E-state index in [2.05, 4.69) is 0 Å². The van der Waals surface area contributed by atoms with Crippen LogP contribution in [-0.4, -0.2) is 5.88 Å². The highest BCUT2D eigenvalue weighted by Crippen LogP contribution is 1.67. The fourth-order valence-corrected chi connectivity index (χ4v) is 0. The number of rotatable bonds is 1. The van der Waals surface area contributed by atoms with E-state index in [1.54, 1.807) is 6.08 Å². The van der Waals surface area contributed by atoms with Crippen molar-refractivity contribution in [3.05, 3.63) is 12.6 Å². The van der Waals surface area contributed by atoms with Crippen molar-refractivity contribution in [1.29, 1.82) is 0 Å². The van der Waals surface area contributed by atoms with E-state index in [0.29, 0.717) is 5.88 Å². The predicted molar refractivity (Wildman–Crippen MR) is 20.9 cm³/mol. The topological polar surface area (TPSA) is 0 Å². The van der Waals surface area contributed by atoms with E-state index in [9.17, 15) is 0 Å². The third-order valence-electron chi connectivity index (χ3n) is 0.0891. The van der Waals surface area contributed by atoms with Crippen molar-refractivity contribution in [2.75, 3.05) is 5.88 Å². The van der Waals surface area contributed by atoms with Crippen molar-refractivity contribution >= 4 is 11.6 Å². The summed E-state index contributed by atoms with van der Waals surface area (Å²) in [5.41, 5.74) is 0. The minimum atomic E-state index is 0.448. The molecule has 0 atom stereocenters. The van der Waals surface area contributed by atoms with E-state index >= 15 is 0 Å². The Kier molecular flexibility index (Phi) is 1.73. The predicted octanol–water partition coefficient (Wildman–Crippen LogP) is 1.41. The van der Waals surface area contributed by atoms with Gasteiger partial charge in [0.1, 0.15) is 0 Å². The normalized spacial score (nSPS) is 12.8. The molecule has 0 bridgehead atoms. The summed E-state index contributed by atoms with van der Waals surface area (Å²) in [6.45, 7) is 1.17. The molecule has 0 radical (unpaired) electrons. The molecule has 0 saturated heterocycles. The van der Waals surface area contributed by atoms with Gasteiger partial charge in [0.2, 0.25) is 0 Å². The third kappa shape index (κ3) is 2.03. The minimum absolute atomic E-state index is 0.448. The summed E-state index contributed by atoms with van der Waals surface area (Å²) in [6.07, 6.45) is 1.56. The van der Waals surface area contributed by atoms with E-state index in [1.165, 1.54) is 6.55 Å². The SMILES string of the molecule is [2H]/C=C/CCl. The van der Waals surface area contributed by atoms with E-state index < -0.39 is 0 Å². The molecule has 0 aromatic carbocycles. The lowest BCUT2D eigenvalue weighted by Gasteiger charge is -1.55. The molecule has 1 heteroatoms. The second kappa shape index (κ2) is 3.03. The first kappa shape index (κ1) is 2.28. The molecule has 0 amide bonds. The lowest BCUT2D eigenvalue weighted by atomic mass is 10.8. The summed E-state index contributed by atoms with van der Waals surface area (Å²) < 4.78 is 6.34. The first-order valence-electron chi connectivity index (χ1n) is 1.59. The highest BCUT2D eigenvalue weighted by Gasteiger charge is 1.48. The van der Waals surface area contributed by atoms with Gasteiger partial charge in [-0.3, -0.25) is 0 Å². The molecule has 0 aromatic heterocycles. The molecule has 0 fully saturated rings. The average Bonchev–Trinajstić information content (AvgIpc) is 1.41. The van der Waals surface area contributed by atoms with Gasteiger partial charge in [0.15, 0.2) is 0 Å². The average molecular weight is 77.5 g/mol. The quantitative estimate of drug-likeness (QED) is 0.328. The van der Waals surface area contributed by atoms with Crippen LogP contribution in [0, 0.1) is 0 Å². The number of hydrogen-bond donors (Lipinski definition) is 0. The molecule has 0 aliphatic carbocycles. The summed E-state index contributed by atoms with van der Waals surface area (Å²) in [5, 5.41) is 0. The van der Waals surface area contributed by atoms with Crippen LogP contribution >= 0.6 is 11.6 Å². The van der Waals surface area contributed by atoms with Crippen LogP contribution in [0.5, 0.6) is 0 Å². The van der Waals surface area contributed by atoms with Gasteiger partial charge in [-0.1, -0.05) is 6.08 Å². The van der Waals surface area contributed by atoms with Crippen molar-refractivity contribution in [2.45, 2.75) is 0 Å². The first-order chi connectivity index (χ1) is 2.41. The van der Waals surface area contributed by atoms with Crippen LogP contribution in [0.4, 0.5) is 0 Å². The van der Waals surface area contributed by atoms with Crippen molar-refractivity contribution in [1.82, 2.24) is 0 Å². The van der Waals surface area contributed by atoms with Gasteiger partial charge in [0, 0.05) is 5.88 Å². The van der Waals surface area contributed by atoms with Crippen LogP contribution in [0.15, 0.2) is 12.6 Å². The molecule has 0 N–H and O–H groups in total. The monoisotopic (exact) mass is 77.0 g/mol. The molecule has 24 valence electrons. The second-order valence-corrected chi connectivity index (χ2v) is 0.699. The maximum atomic E-state index is 6.34. The van der Waals surface area contributed by atoms with Gasteiger partial charge in [-0.05, 0) is 0 Å². The molecular formula is C3H5Cl. The summed E-state index contributed by atoms with van der Waals surface area (Å²) >= 11 is 5.09. The van der Waals surface area contributed by atoms with Crippen molar-refractivity contribution in [3.8, 4) is 0 Å². The maximum absolute atomic E-state index is 6.34. The highest BCUT2D eigenvalue weighted by atomic mass is 35.5. The van der Waals surface area contributed by atoms with Crippen LogP contribution in [0.3, 0.4) is 0 Å². The Morgan fingerprint density at radius 1 is 2.50 bits per heavy atom. The smallest absolute Gasteiger partial charge is 0.0535 e. The lowest BCUT2D eigenvalue weighted by Crippen LogP contribution is -1.45. The first-order valence-corrected chi connectivity index (χ1v) is 1.54. The number of hydrogen-bond acceptors (Lipinski definition) is 0. The third-order valence-corrected chi connectivity index (χ3v) is 0.267. The standard InChI is InChI=1S/C3H5Cl/c1-2-3-4/h2H,1,3H2/i1D/b2-1+. The van der Waals surface area contributed by atoms with Gasteiger partial charge in [0.25, 0.3) is 0 Å². The Morgan fingerprint density at radius 3 is 3.25 bits per heavy atom. The van der Waals surface area contributed by atoms with Gasteiger partial charge in [-0.2, -0.15) is 0 Å². The number of halogens is 1. The van der Waals surface area contributed by atoms with Crippen LogP contribution in [0.2, 0.25) is 0 Å². The largest absolute Gasteiger partial charge is 0.122 e. The van der Waals surface area contributed by atoms with Gasteiger partial charge in [0.05, 0.1) is 1.37 Å². The van der Waals surface area contributed by atoms with Crippen molar-refractivity contribution < 1.29 is 1.37 Å². The summed E-state index contributed by atoms with van der Waals surface area (Å²) in [6, 6.07) is 0. The maximum Gasteiger partial charge on any atom is 0.0535 e. The fourth-order valence-electron chi connectivity index (χ4n) is 0. The molecule has 0 aromatic rings. The van der Waals surface area contributed by atoms with Gasteiger partial charge in [-0.15, -0.1) is 18.2 Å². The van der Waals surface area contributed by atoms with Crippen molar-refractivity contribution in [3.63, 3.8) is 0 Å². The molecule has 0 unspecified atom stereocenters. The molecule has 0 saturated carbocycles. The molecule has 4 heavy (non-hydrogen) atoms. The van der Waals surface area contributed by atoms with Crippen LogP contribution < -0.4 is 0 Å². The fraction of sp³-hybridized carbons (Fsp3) is 0.333. The number of allylic oxidation sites excluding steroid dienone is 1. The molecule has 0 nitrogen and oxygen atoms in total. The Bertz CT molecular complexity index is 33.9. The molecule has 0 aliphatic rings. The zero-order chi connectivity index (χ0) is 4.12. The molecule has 0 heterocycles. The Hall–Kier alpha value is 0.0300. The summed E-state index contributed by atoms with van der Waals surface area (Å²) in [7, 11) is 0. The Labute approximate surface area is 32.5 Å². The van der Waals surface area contributed by atoms with Gasteiger partial charge < -0.3 is 0 Å². The Balaban J connectivity index is 2.62. The minimum Gasteiger partial charge on any atom is -0.122 e. The zero-order valence-corrected chi connectivity index (χ0v) is 3.00. The summed E-state index contributed by atoms with van der Waals surface area (Å²) in [5.74, 6) is 0.448. The highest BCUT2D eigenvalue weighted by molar-refractivity contribution is 6.18. The molecule has 0 aliphatic heterocycles. The van der Waals surface area contributed by atoms with E-state index in [-0.39, 0.29) is 0 Å². The lowest BCUT2D eigenvalue weighted by molar-refractivity contribution is 1.80. The van der Waals surface area contributed by atoms with E-state index in [0.717, 1.165) is 0 Å². The second-order valence-electron chi connectivity index (χ2n) is 0.390. The zero-order valence-electron chi connectivity index (χ0n) is 3.24. The Morgan fingerprint density at radius 2 is 3.25 bits per heavy atom. The molecule has 0 spiro atoms. The van der Waals surface area contributed by atoms with E-state index in [1.807, 2.05) is 0 Å². The van der Waals surface area contributed by atoms with Crippen LogP contribution in [-0.2, 0) is 0 Å². The molecular weight excluding hydrogens is 71.5 g/mol. The van der Waals surface area contributed by atoms with Crippen molar-refractivity contribution in [2.24, 2.45) is 0 Å². The number of alkyl halides is 1. The van der Waals surface area contributed by atoms with Gasteiger partial charge >= 0.3 is 0 Å².